The number of amides is 2. The number of anilines is 1. The maximum Gasteiger partial charge on any atom is 0.251 e. The number of pyridine rings is 1. The lowest BCUT2D eigenvalue weighted by Crippen LogP contribution is -2.24. The predicted octanol–water partition coefficient (Wildman–Crippen LogP) is 3.47. The third-order valence-corrected chi connectivity index (χ3v) is 6.27. The molecule has 4 aromatic rings. The Kier molecular flexibility index (Phi) is 4.78. The number of rotatable bonds is 5. The quantitative estimate of drug-likeness (QED) is 0.490. The van der Waals surface area contributed by atoms with Crippen LogP contribution in [0.1, 0.15) is 22.8 Å². The maximum atomic E-state index is 12.6. The smallest absolute Gasteiger partial charge is 0.251 e. The fourth-order valence-corrected chi connectivity index (χ4v) is 4.64. The minimum atomic E-state index is -0.567. The Balaban J connectivity index is 1.63. The van der Waals surface area contributed by atoms with Crippen molar-refractivity contribution >= 4 is 56.5 Å². The lowest BCUT2D eigenvalue weighted by Gasteiger charge is -2.12. The van der Waals surface area contributed by atoms with Crippen LogP contribution in [-0.2, 0) is 4.79 Å². The summed E-state index contributed by atoms with van der Waals surface area (Å²) in [6.07, 6.45) is 0. The number of carbonyl (C=O) groups excluding carboxylic acids is 2. The lowest BCUT2D eigenvalue weighted by atomic mass is 10.1. The summed E-state index contributed by atoms with van der Waals surface area (Å²) in [7, 11) is 0. The number of hydrogen-bond acceptors (Lipinski definition) is 6. The molecule has 3 heterocycles. The molecule has 2 amide bonds. The van der Waals surface area contributed by atoms with Gasteiger partial charge in [-0.1, -0.05) is 30.0 Å². The molecule has 1 atom stereocenters. The second-order valence-corrected chi connectivity index (χ2v) is 8.52. The molecule has 7 nitrogen and oxygen atoms in total. The normalized spacial score (nSPS) is 12.4. The van der Waals surface area contributed by atoms with Crippen LogP contribution in [-0.4, -0.2) is 31.7 Å². The Labute approximate surface area is 168 Å². The van der Waals surface area contributed by atoms with Gasteiger partial charge in [0.2, 0.25) is 5.91 Å². The second kappa shape index (κ2) is 7.25. The summed E-state index contributed by atoms with van der Waals surface area (Å²) in [5.74, 6) is -0.801. The van der Waals surface area contributed by atoms with Crippen molar-refractivity contribution in [3.8, 4) is 0 Å². The molecule has 0 fully saturated rings. The molecule has 1 unspecified atom stereocenters. The molecule has 0 radical (unpaired) electrons. The van der Waals surface area contributed by atoms with Crippen molar-refractivity contribution in [1.29, 1.82) is 0 Å². The van der Waals surface area contributed by atoms with Crippen LogP contribution in [0.3, 0.4) is 0 Å². The zero-order valence-electron chi connectivity index (χ0n) is 15.2. The molecule has 3 N–H and O–H groups in total. The first kappa shape index (κ1) is 18.5. The molecular formula is C19H17N5O2S2. The largest absolute Gasteiger partial charge is 0.366 e. The summed E-state index contributed by atoms with van der Waals surface area (Å²) in [6, 6.07) is 11.6. The first-order valence-corrected chi connectivity index (χ1v) is 10.3. The van der Waals surface area contributed by atoms with Gasteiger partial charge in [-0.3, -0.25) is 14.0 Å². The number of nitrogens with two attached hydrogens (primary N) is 1. The molecule has 0 aliphatic heterocycles. The molecule has 142 valence electrons. The predicted molar refractivity (Wildman–Crippen MR) is 112 cm³/mol. The van der Waals surface area contributed by atoms with Gasteiger partial charge in [-0.25, -0.2) is 0 Å². The highest BCUT2D eigenvalue weighted by molar-refractivity contribution is 8.00. The zero-order chi connectivity index (χ0) is 19.8. The Morgan fingerprint density at radius 2 is 2.04 bits per heavy atom. The molecule has 4 rings (SSSR count). The van der Waals surface area contributed by atoms with Gasteiger partial charge in [0, 0.05) is 5.39 Å². The van der Waals surface area contributed by atoms with E-state index in [9.17, 15) is 9.59 Å². The van der Waals surface area contributed by atoms with Gasteiger partial charge < -0.3 is 11.1 Å². The van der Waals surface area contributed by atoms with E-state index >= 15 is 0 Å². The number of hydrogen-bond donors (Lipinski definition) is 2. The summed E-state index contributed by atoms with van der Waals surface area (Å²) in [5, 5.41) is 14.8. The third kappa shape index (κ3) is 3.23. The van der Waals surface area contributed by atoms with E-state index in [-0.39, 0.29) is 5.91 Å². The van der Waals surface area contributed by atoms with Crippen molar-refractivity contribution < 1.29 is 9.59 Å². The van der Waals surface area contributed by atoms with E-state index in [1.165, 1.54) is 23.1 Å². The van der Waals surface area contributed by atoms with Gasteiger partial charge >= 0.3 is 0 Å². The number of aromatic nitrogens is 3. The van der Waals surface area contributed by atoms with Crippen molar-refractivity contribution in [2.24, 2.45) is 5.73 Å². The van der Waals surface area contributed by atoms with E-state index in [1.807, 2.05) is 35.6 Å². The molecular weight excluding hydrogens is 394 g/mol. The van der Waals surface area contributed by atoms with E-state index in [0.29, 0.717) is 15.7 Å². The summed E-state index contributed by atoms with van der Waals surface area (Å²) in [5.41, 5.74) is 8.50. The summed E-state index contributed by atoms with van der Waals surface area (Å²) < 4.78 is 1.96. The number of aryl methyl sites for hydroxylation is 1. The number of benzene rings is 1. The summed E-state index contributed by atoms with van der Waals surface area (Å²) in [4.78, 5) is 24.1. The van der Waals surface area contributed by atoms with Crippen LogP contribution in [0.5, 0.6) is 0 Å². The van der Waals surface area contributed by atoms with Crippen LogP contribution in [0.4, 0.5) is 5.00 Å². The summed E-state index contributed by atoms with van der Waals surface area (Å²) >= 11 is 2.57. The average Bonchev–Trinajstić information content (AvgIpc) is 3.29. The van der Waals surface area contributed by atoms with Gasteiger partial charge in [0.25, 0.3) is 5.91 Å². The second-order valence-electron chi connectivity index (χ2n) is 6.30. The van der Waals surface area contributed by atoms with Gasteiger partial charge in [-0.15, -0.1) is 21.5 Å². The van der Waals surface area contributed by atoms with E-state index in [0.717, 1.165) is 22.1 Å². The van der Waals surface area contributed by atoms with Crippen molar-refractivity contribution in [3.63, 3.8) is 0 Å². The molecule has 0 aliphatic rings. The molecule has 0 saturated carbocycles. The average molecular weight is 412 g/mol. The van der Waals surface area contributed by atoms with Crippen LogP contribution in [0.15, 0.2) is 46.9 Å². The van der Waals surface area contributed by atoms with Crippen LogP contribution in [0.25, 0.3) is 16.6 Å². The fourth-order valence-electron chi connectivity index (χ4n) is 2.98. The Hall–Kier alpha value is -2.91. The maximum absolute atomic E-state index is 12.6. The van der Waals surface area contributed by atoms with Crippen molar-refractivity contribution in [1.82, 2.24) is 14.6 Å². The number of carbonyl (C=O) groups is 2. The van der Waals surface area contributed by atoms with Crippen LogP contribution in [0, 0.1) is 6.92 Å². The highest BCUT2D eigenvalue weighted by Crippen LogP contribution is 2.29. The number of nitrogens with zero attached hydrogens (tertiary/aromatic N) is 3. The molecule has 0 aliphatic carbocycles. The third-order valence-electron chi connectivity index (χ3n) is 4.39. The summed E-state index contributed by atoms with van der Waals surface area (Å²) in [6.45, 7) is 3.83. The van der Waals surface area contributed by atoms with Gasteiger partial charge in [0.1, 0.15) is 5.00 Å². The van der Waals surface area contributed by atoms with Crippen LogP contribution < -0.4 is 11.1 Å². The zero-order valence-corrected chi connectivity index (χ0v) is 16.8. The standard InChI is InChI=1S/C19H17N5O2S2/c1-10-9-15-22-23-19(24(15)14-6-4-3-5-12(10)14)28-11(2)17(26)21-18-13(16(20)25)7-8-27-18/h3-9,11H,1-2H3,(H2,20,25)(H,21,26). The number of nitrogens with one attached hydrogen (secondary N) is 1. The molecule has 3 aromatic heterocycles. The van der Waals surface area contributed by atoms with Gasteiger partial charge in [-0.05, 0) is 43.0 Å². The van der Waals surface area contributed by atoms with Crippen LogP contribution >= 0.6 is 23.1 Å². The highest BCUT2D eigenvalue weighted by atomic mass is 32.2. The Bertz CT molecular complexity index is 1210. The number of thiophene rings is 1. The minimum Gasteiger partial charge on any atom is -0.366 e. The first-order chi connectivity index (χ1) is 13.5. The van der Waals surface area contributed by atoms with Gasteiger partial charge in [0.15, 0.2) is 10.8 Å². The Morgan fingerprint density at radius 3 is 2.82 bits per heavy atom. The van der Waals surface area contributed by atoms with Crippen molar-refractivity contribution in [2.45, 2.75) is 24.3 Å². The molecule has 28 heavy (non-hydrogen) atoms. The lowest BCUT2D eigenvalue weighted by molar-refractivity contribution is -0.115. The number of fused-ring (bicyclic) bond motifs is 3. The topological polar surface area (TPSA) is 102 Å². The van der Waals surface area contributed by atoms with E-state index in [4.69, 9.17) is 5.73 Å². The highest BCUT2D eigenvalue weighted by Gasteiger charge is 2.21. The van der Waals surface area contributed by atoms with Gasteiger partial charge in [-0.2, -0.15) is 0 Å². The van der Waals surface area contributed by atoms with E-state index in [1.54, 1.807) is 18.4 Å². The van der Waals surface area contributed by atoms with Crippen molar-refractivity contribution in [3.05, 3.63) is 52.9 Å². The fraction of sp³-hybridized carbons (Fsp3) is 0.158. The Morgan fingerprint density at radius 1 is 1.25 bits per heavy atom. The molecule has 0 bridgehead atoms. The minimum absolute atomic E-state index is 0.233. The van der Waals surface area contributed by atoms with Crippen molar-refractivity contribution in [2.75, 3.05) is 5.32 Å². The van der Waals surface area contributed by atoms with E-state index < -0.39 is 11.2 Å². The van der Waals surface area contributed by atoms with E-state index in [2.05, 4.69) is 21.6 Å². The SMILES string of the molecule is Cc1cc2nnc(SC(C)C(=O)Nc3sccc3C(N)=O)n2c2ccccc12. The monoisotopic (exact) mass is 411 g/mol. The van der Waals surface area contributed by atoms with Crippen LogP contribution in [0.2, 0.25) is 0 Å². The molecule has 0 spiro atoms. The number of thioether (sulfide) groups is 1. The first-order valence-electron chi connectivity index (χ1n) is 8.54. The number of para-hydroxylation sites is 1. The van der Waals surface area contributed by atoms with Gasteiger partial charge in [0.05, 0.1) is 16.3 Å². The number of primary amides is 1. The molecule has 1 aromatic carbocycles. The molecule has 0 saturated heterocycles. The molecule has 9 heteroatoms.